The number of alkyl halides is 3. The smallest absolute Gasteiger partial charge is 0.337 e. The Morgan fingerprint density at radius 1 is 0.909 bits per heavy atom. The molecule has 4 fully saturated rings. The van der Waals surface area contributed by atoms with Gasteiger partial charge in [-0.05, 0) is 75.6 Å². The maximum Gasteiger partial charge on any atom is 0.417 e. The molecule has 1 aromatic carbocycles. The highest BCUT2D eigenvalue weighted by Crippen LogP contribution is 2.46. The quantitative estimate of drug-likeness (QED) is 0.603. The van der Waals surface area contributed by atoms with Gasteiger partial charge in [-0.2, -0.15) is 13.2 Å². The fourth-order valence-corrected chi connectivity index (χ4v) is 7.32. The molecule has 5 heterocycles. The number of nitrogens with zero attached hydrogens (tertiary/aromatic N) is 3. The summed E-state index contributed by atoms with van der Waals surface area (Å²) in [6.45, 7) is 2.82. The molecule has 0 aromatic heterocycles. The highest BCUT2D eigenvalue weighted by atomic mass is 19.4. The monoisotopic (exact) mass is 461 g/mol. The van der Waals surface area contributed by atoms with Crippen LogP contribution in [-0.4, -0.2) is 70.2 Å². The molecule has 0 bridgehead atoms. The van der Waals surface area contributed by atoms with Gasteiger partial charge in [0.1, 0.15) is 6.04 Å². The molecule has 0 spiro atoms. The van der Waals surface area contributed by atoms with Crippen molar-refractivity contribution in [3.63, 3.8) is 0 Å². The average Bonchev–Trinajstić information content (AvgIpc) is 3.04. The van der Waals surface area contributed by atoms with Gasteiger partial charge in [-0.3, -0.25) is 24.2 Å². The summed E-state index contributed by atoms with van der Waals surface area (Å²) in [6.07, 6.45) is 0.545. The Morgan fingerprint density at radius 2 is 1.67 bits per heavy atom. The molecule has 0 N–H and O–H groups in total. The highest BCUT2D eigenvalue weighted by molar-refractivity contribution is 6.23. The van der Waals surface area contributed by atoms with E-state index in [0.717, 1.165) is 55.8 Å². The number of rotatable bonds is 1. The normalized spacial score (nSPS) is 34.3. The second kappa shape index (κ2) is 7.29. The lowest BCUT2D eigenvalue weighted by Gasteiger charge is -2.59. The first-order valence-corrected chi connectivity index (χ1v) is 11.9. The lowest BCUT2D eigenvalue weighted by atomic mass is 9.67. The van der Waals surface area contributed by atoms with Gasteiger partial charge in [-0.15, -0.1) is 0 Å². The van der Waals surface area contributed by atoms with Crippen molar-refractivity contribution < 1.29 is 27.6 Å². The Hall–Kier alpha value is -2.42. The van der Waals surface area contributed by atoms with E-state index in [2.05, 4.69) is 4.90 Å². The molecule has 5 atom stereocenters. The molecule has 3 amide bonds. The Labute approximate surface area is 189 Å². The third-order valence-electron chi connectivity index (χ3n) is 8.54. The Balaban J connectivity index is 1.31. The van der Waals surface area contributed by atoms with Crippen LogP contribution in [-0.2, 0) is 11.0 Å². The predicted molar refractivity (Wildman–Crippen MR) is 111 cm³/mol. The first-order valence-electron chi connectivity index (χ1n) is 11.9. The third-order valence-corrected chi connectivity index (χ3v) is 8.54. The van der Waals surface area contributed by atoms with E-state index in [-0.39, 0.29) is 17.5 Å². The van der Waals surface area contributed by atoms with Crippen molar-refractivity contribution in [1.82, 2.24) is 14.7 Å². The van der Waals surface area contributed by atoms with Crippen LogP contribution >= 0.6 is 0 Å². The predicted octanol–water partition coefficient (Wildman–Crippen LogP) is 3.17. The third kappa shape index (κ3) is 3.00. The van der Waals surface area contributed by atoms with Gasteiger partial charge in [0, 0.05) is 18.6 Å². The largest absolute Gasteiger partial charge is 0.417 e. The second-order valence-electron chi connectivity index (χ2n) is 10.1. The number of fused-ring (bicyclic) bond motifs is 3. The van der Waals surface area contributed by atoms with Gasteiger partial charge in [0.15, 0.2) is 0 Å². The first-order chi connectivity index (χ1) is 15.8. The van der Waals surface area contributed by atoms with Crippen molar-refractivity contribution in [3.05, 3.63) is 34.9 Å². The van der Waals surface area contributed by atoms with E-state index in [1.807, 2.05) is 4.90 Å². The molecule has 0 saturated carbocycles. The van der Waals surface area contributed by atoms with E-state index < -0.39 is 35.2 Å². The van der Waals surface area contributed by atoms with Crippen LogP contribution in [0.4, 0.5) is 13.2 Å². The van der Waals surface area contributed by atoms with Crippen LogP contribution in [0.25, 0.3) is 0 Å². The molecular weight excluding hydrogens is 435 g/mol. The molecule has 1 unspecified atom stereocenters. The zero-order chi connectivity index (χ0) is 23.1. The Bertz CT molecular complexity index is 1040. The van der Waals surface area contributed by atoms with E-state index in [1.165, 1.54) is 6.07 Å². The second-order valence-corrected chi connectivity index (χ2v) is 10.1. The van der Waals surface area contributed by atoms with Crippen molar-refractivity contribution in [2.45, 2.75) is 62.8 Å². The maximum atomic E-state index is 13.7. The van der Waals surface area contributed by atoms with E-state index in [4.69, 9.17) is 0 Å². The Morgan fingerprint density at radius 3 is 2.42 bits per heavy atom. The molecule has 1 aromatic rings. The SMILES string of the molecule is O=C1c2cccc(C(F)(F)F)c2C(=O)N1C1CC[C@@H]2[C@H]3CCCN4CCC[C@@H](CN2C1=O)[C@@H]34. The fourth-order valence-electron chi connectivity index (χ4n) is 7.32. The van der Waals surface area contributed by atoms with Gasteiger partial charge in [0.2, 0.25) is 5.91 Å². The first kappa shape index (κ1) is 21.1. The number of piperidine rings is 4. The summed E-state index contributed by atoms with van der Waals surface area (Å²) >= 11 is 0. The topological polar surface area (TPSA) is 60.9 Å². The van der Waals surface area contributed by atoms with Crippen molar-refractivity contribution in [3.8, 4) is 0 Å². The maximum absolute atomic E-state index is 13.7. The molecule has 0 radical (unpaired) electrons. The van der Waals surface area contributed by atoms with Crippen LogP contribution in [0.1, 0.15) is 64.8 Å². The molecule has 0 aliphatic carbocycles. The zero-order valence-corrected chi connectivity index (χ0v) is 18.2. The van der Waals surface area contributed by atoms with E-state index in [0.29, 0.717) is 37.3 Å². The molecule has 6 nitrogen and oxygen atoms in total. The number of carbonyl (C=O) groups excluding carboxylic acids is 3. The minimum Gasteiger partial charge on any atom is -0.337 e. The molecule has 6 rings (SSSR count). The van der Waals surface area contributed by atoms with E-state index in [1.54, 1.807) is 0 Å². The number of amides is 3. The van der Waals surface area contributed by atoms with Crippen LogP contribution in [0.3, 0.4) is 0 Å². The summed E-state index contributed by atoms with van der Waals surface area (Å²) in [4.78, 5) is 45.1. The minimum absolute atomic E-state index is 0.0804. The van der Waals surface area contributed by atoms with E-state index in [9.17, 15) is 27.6 Å². The molecule has 33 heavy (non-hydrogen) atoms. The van der Waals surface area contributed by atoms with Crippen molar-refractivity contribution in [1.29, 1.82) is 0 Å². The molecule has 9 heteroatoms. The van der Waals surface area contributed by atoms with Gasteiger partial charge in [-0.1, -0.05) is 6.07 Å². The zero-order valence-electron chi connectivity index (χ0n) is 18.2. The standard InChI is InChI=1S/C24H26F3N3O3/c25-24(26,27)16-7-1-5-15-19(16)23(33)30(21(15)31)18-9-8-17-14-6-3-11-28-10-2-4-13(20(14)28)12-29(17)22(18)32/h1,5,7,13-14,17-18,20H,2-4,6,8-12H2/t13-,14+,17+,18?,20-/m0/s1. The highest BCUT2D eigenvalue weighted by Gasteiger charge is 2.55. The number of hydrogen-bond donors (Lipinski definition) is 0. The summed E-state index contributed by atoms with van der Waals surface area (Å²) in [6, 6.07) is 2.73. The summed E-state index contributed by atoms with van der Waals surface area (Å²) < 4.78 is 40.6. The summed E-state index contributed by atoms with van der Waals surface area (Å²) in [7, 11) is 0. The summed E-state index contributed by atoms with van der Waals surface area (Å²) in [5.41, 5.74) is -2.01. The molecule has 4 saturated heterocycles. The number of hydrogen-bond acceptors (Lipinski definition) is 4. The van der Waals surface area contributed by atoms with Crippen molar-refractivity contribution in [2.75, 3.05) is 19.6 Å². The van der Waals surface area contributed by atoms with E-state index >= 15 is 0 Å². The van der Waals surface area contributed by atoms with Crippen LogP contribution in [0.15, 0.2) is 18.2 Å². The van der Waals surface area contributed by atoms with Gasteiger partial charge >= 0.3 is 6.18 Å². The van der Waals surface area contributed by atoms with Gasteiger partial charge in [0.25, 0.3) is 11.8 Å². The van der Waals surface area contributed by atoms with Crippen LogP contribution in [0.2, 0.25) is 0 Å². The van der Waals surface area contributed by atoms with Crippen LogP contribution in [0, 0.1) is 11.8 Å². The number of halogens is 3. The van der Waals surface area contributed by atoms with Crippen LogP contribution in [0.5, 0.6) is 0 Å². The number of benzene rings is 1. The van der Waals surface area contributed by atoms with Crippen molar-refractivity contribution >= 4 is 17.7 Å². The molecular formula is C24H26F3N3O3. The van der Waals surface area contributed by atoms with Gasteiger partial charge in [-0.25, -0.2) is 0 Å². The summed E-state index contributed by atoms with van der Waals surface area (Å²) in [5.74, 6) is -1.32. The number of carbonyl (C=O) groups is 3. The fraction of sp³-hybridized carbons (Fsp3) is 0.625. The Kier molecular flexibility index (Phi) is 4.67. The molecule has 5 aliphatic heterocycles. The summed E-state index contributed by atoms with van der Waals surface area (Å²) in [5, 5.41) is 0. The minimum atomic E-state index is -4.76. The molecule has 176 valence electrons. The average molecular weight is 461 g/mol. The number of imide groups is 1. The lowest BCUT2D eigenvalue weighted by molar-refractivity contribution is -0.156. The van der Waals surface area contributed by atoms with Crippen LogP contribution < -0.4 is 0 Å². The lowest BCUT2D eigenvalue weighted by Crippen LogP contribution is -2.69. The molecule has 5 aliphatic rings. The van der Waals surface area contributed by atoms with Gasteiger partial charge in [0.05, 0.1) is 16.7 Å². The van der Waals surface area contributed by atoms with Gasteiger partial charge < -0.3 is 4.90 Å². The van der Waals surface area contributed by atoms with Crippen molar-refractivity contribution in [2.24, 2.45) is 11.8 Å².